The van der Waals surface area contributed by atoms with Crippen molar-refractivity contribution in [2.75, 3.05) is 19.6 Å². The molecule has 0 heterocycles. The van der Waals surface area contributed by atoms with E-state index in [2.05, 4.69) is 18.5 Å². The van der Waals surface area contributed by atoms with E-state index in [0.717, 1.165) is 17.1 Å². The summed E-state index contributed by atoms with van der Waals surface area (Å²) in [6.45, 7) is 5.91. The number of carboxylic acid groups (broad SMARTS) is 1. The van der Waals surface area contributed by atoms with Crippen LogP contribution in [-0.4, -0.2) is 78.5 Å². The molecule has 0 amide bonds. The number of guanidine groups is 1. The SMILES string of the molecule is C=CC(CN(CC(C=C)P(=O)(O)O)C(CCCNC(=N)N)C(=O)O)P(=O)(O)O. The highest BCUT2D eigenvalue weighted by molar-refractivity contribution is 7.53. The molecule has 3 unspecified atom stereocenters. The topological polar surface area (TPSA) is 217 Å². The van der Waals surface area contributed by atoms with Crippen LogP contribution >= 0.6 is 15.2 Å². The van der Waals surface area contributed by atoms with Gasteiger partial charge >= 0.3 is 21.2 Å². The Labute approximate surface area is 162 Å². The summed E-state index contributed by atoms with van der Waals surface area (Å²) in [7, 11) is -9.33. The molecule has 0 aliphatic rings. The quantitative estimate of drug-likeness (QED) is 0.0562. The predicted octanol–water partition coefficient (Wildman–Crippen LogP) is -0.531. The van der Waals surface area contributed by atoms with E-state index in [1.165, 1.54) is 0 Å². The van der Waals surface area contributed by atoms with Crippen molar-refractivity contribution < 1.29 is 38.6 Å². The van der Waals surface area contributed by atoms with E-state index in [1.807, 2.05) is 0 Å². The second-order valence-corrected chi connectivity index (χ2v) is 9.76. The average molecular weight is 442 g/mol. The second kappa shape index (κ2) is 11.5. The van der Waals surface area contributed by atoms with Crippen molar-refractivity contribution in [3.8, 4) is 0 Å². The number of nitrogens with two attached hydrogens (primary N) is 1. The van der Waals surface area contributed by atoms with Gasteiger partial charge in [-0.15, -0.1) is 13.2 Å². The maximum absolute atomic E-state index is 11.7. The summed E-state index contributed by atoms with van der Waals surface area (Å²) in [5, 5.41) is 19.1. The van der Waals surface area contributed by atoms with Crippen LogP contribution in [0.1, 0.15) is 12.8 Å². The van der Waals surface area contributed by atoms with Crippen LogP contribution in [0.5, 0.6) is 0 Å². The highest BCUT2D eigenvalue weighted by Crippen LogP contribution is 2.44. The highest BCUT2D eigenvalue weighted by Gasteiger charge is 2.37. The minimum atomic E-state index is -4.67. The third-order valence-electron chi connectivity index (χ3n) is 3.95. The Kier molecular flexibility index (Phi) is 10.9. The summed E-state index contributed by atoms with van der Waals surface area (Å²) < 4.78 is 23.2. The molecule has 9 N–H and O–H groups in total. The molecular formula is C14H28N4O8P2. The van der Waals surface area contributed by atoms with Gasteiger partial charge in [-0.25, -0.2) is 0 Å². The molecule has 0 aliphatic carbocycles. The Hall–Kier alpha value is -1.52. The number of nitrogens with zero attached hydrogens (tertiary/aromatic N) is 1. The number of nitrogens with one attached hydrogen (secondary N) is 2. The lowest BCUT2D eigenvalue weighted by Crippen LogP contribution is -2.48. The molecule has 12 nitrogen and oxygen atoms in total. The summed E-state index contributed by atoms with van der Waals surface area (Å²) in [6, 6.07) is -1.29. The zero-order valence-corrected chi connectivity index (χ0v) is 17.0. The Morgan fingerprint density at radius 3 is 1.82 bits per heavy atom. The molecule has 162 valence electrons. The first-order chi connectivity index (χ1) is 12.7. The normalized spacial score (nSPS) is 15.5. The minimum absolute atomic E-state index is 0.0222. The van der Waals surface area contributed by atoms with Gasteiger partial charge in [-0.1, -0.05) is 12.2 Å². The van der Waals surface area contributed by atoms with Gasteiger partial charge in [0.2, 0.25) is 0 Å². The van der Waals surface area contributed by atoms with Crippen molar-refractivity contribution in [3.05, 3.63) is 25.3 Å². The molecule has 14 heteroatoms. The van der Waals surface area contributed by atoms with Gasteiger partial charge in [0.05, 0.1) is 11.3 Å². The van der Waals surface area contributed by atoms with Crippen LogP contribution in [0.2, 0.25) is 0 Å². The monoisotopic (exact) mass is 442 g/mol. The van der Waals surface area contributed by atoms with Gasteiger partial charge in [-0.05, 0) is 12.8 Å². The van der Waals surface area contributed by atoms with E-state index in [-0.39, 0.29) is 25.3 Å². The fourth-order valence-electron chi connectivity index (χ4n) is 2.43. The van der Waals surface area contributed by atoms with E-state index in [1.54, 1.807) is 0 Å². The molecule has 0 rings (SSSR count). The minimum Gasteiger partial charge on any atom is -0.480 e. The van der Waals surface area contributed by atoms with Crippen LogP contribution in [0.25, 0.3) is 0 Å². The molecular weight excluding hydrogens is 414 g/mol. The summed E-state index contributed by atoms with van der Waals surface area (Å²) in [6.07, 6.45) is 2.16. The van der Waals surface area contributed by atoms with Gasteiger partial charge in [0.15, 0.2) is 5.96 Å². The molecule has 3 atom stereocenters. The Bertz CT molecular complexity index is 626. The summed E-state index contributed by atoms with van der Waals surface area (Å²) >= 11 is 0. The van der Waals surface area contributed by atoms with Crippen LogP contribution in [-0.2, 0) is 13.9 Å². The molecule has 0 bridgehead atoms. The van der Waals surface area contributed by atoms with Gasteiger partial charge in [0, 0.05) is 19.6 Å². The molecule has 0 saturated heterocycles. The van der Waals surface area contributed by atoms with Crippen LogP contribution in [0, 0.1) is 5.41 Å². The summed E-state index contributed by atoms with van der Waals surface area (Å²) in [5.41, 5.74) is 2.29. The van der Waals surface area contributed by atoms with E-state index < -0.39 is 51.6 Å². The Morgan fingerprint density at radius 1 is 1.11 bits per heavy atom. The lowest BCUT2D eigenvalue weighted by atomic mass is 10.1. The molecule has 0 radical (unpaired) electrons. The van der Waals surface area contributed by atoms with Crippen LogP contribution in [0.15, 0.2) is 25.3 Å². The van der Waals surface area contributed by atoms with E-state index >= 15 is 0 Å². The standard InChI is InChI=1S/C14H28N4O8P2/c1-3-10(27(21,22)23)8-18(9-11(4-2)28(24,25)26)12(13(19)20)6-5-7-17-14(15)16/h3-4,10-12H,1-2,5-9H2,(H,19,20)(H4,15,16,17)(H2,21,22,23)(H2,24,25,26). The summed E-state index contributed by atoms with van der Waals surface area (Å²) in [4.78, 5) is 50.5. The number of carboxylic acids is 1. The van der Waals surface area contributed by atoms with Gasteiger partial charge in [-0.2, -0.15) is 0 Å². The van der Waals surface area contributed by atoms with Gasteiger partial charge in [0.25, 0.3) is 0 Å². The summed E-state index contributed by atoms with van der Waals surface area (Å²) in [5.74, 6) is -1.63. The molecule has 0 aliphatic heterocycles. The van der Waals surface area contributed by atoms with Gasteiger partial charge < -0.3 is 35.7 Å². The molecule has 28 heavy (non-hydrogen) atoms. The van der Waals surface area contributed by atoms with Gasteiger partial charge in [-0.3, -0.25) is 24.2 Å². The first-order valence-electron chi connectivity index (χ1n) is 8.14. The zero-order valence-electron chi connectivity index (χ0n) is 15.2. The third kappa shape index (κ3) is 9.61. The van der Waals surface area contributed by atoms with Crippen LogP contribution in [0.4, 0.5) is 0 Å². The molecule has 0 spiro atoms. The van der Waals surface area contributed by atoms with Crippen molar-refractivity contribution in [1.29, 1.82) is 5.41 Å². The zero-order chi connectivity index (χ0) is 22.1. The number of hydrogen-bond donors (Lipinski definition) is 8. The fraction of sp³-hybridized carbons (Fsp3) is 0.571. The van der Waals surface area contributed by atoms with Crippen LogP contribution < -0.4 is 11.1 Å². The number of aliphatic carboxylic acids is 1. The van der Waals surface area contributed by atoms with E-state index in [9.17, 15) is 38.6 Å². The molecule has 0 fully saturated rings. The highest BCUT2D eigenvalue weighted by atomic mass is 31.2. The molecule has 0 aromatic rings. The lowest BCUT2D eigenvalue weighted by molar-refractivity contribution is -0.143. The van der Waals surface area contributed by atoms with Gasteiger partial charge in [0.1, 0.15) is 6.04 Å². The maximum atomic E-state index is 11.7. The smallest absolute Gasteiger partial charge is 0.333 e. The van der Waals surface area contributed by atoms with Crippen molar-refractivity contribution in [2.45, 2.75) is 30.2 Å². The lowest BCUT2D eigenvalue weighted by Gasteiger charge is -2.33. The Balaban J connectivity index is 5.66. The maximum Gasteiger partial charge on any atom is 0.333 e. The van der Waals surface area contributed by atoms with Crippen molar-refractivity contribution in [3.63, 3.8) is 0 Å². The average Bonchev–Trinajstić information content (AvgIpc) is 2.52. The van der Waals surface area contributed by atoms with Crippen LogP contribution in [0.3, 0.4) is 0 Å². The molecule has 0 saturated carbocycles. The van der Waals surface area contributed by atoms with E-state index in [4.69, 9.17) is 11.1 Å². The Morgan fingerprint density at radius 2 is 1.54 bits per heavy atom. The van der Waals surface area contributed by atoms with E-state index in [0.29, 0.717) is 0 Å². The fourth-order valence-corrected chi connectivity index (χ4v) is 3.82. The third-order valence-corrected chi connectivity index (χ3v) is 6.42. The number of carbonyl (C=O) groups is 1. The number of rotatable bonds is 14. The molecule has 0 aromatic carbocycles. The first-order valence-corrected chi connectivity index (χ1v) is 11.5. The second-order valence-electron chi connectivity index (χ2n) is 6.07. The van der Waals surface area contributed by atoms with Crippen molar-refractivity contribution in [2.24, 2.45) is 5.73 Å². The van der Waals surface area contributed by atoms with Crippen molar-refractivity contribution in [1.82, 2.24) is 10.2 Å². The first kappa shape index (κ1) is 26.5. The van der Waals surface area contributed by atoms with Crippen molar-refractivity contribution >= 4 is 27.1 Å². The largest absolute Gasteiger partial charge is 0.480 e. The molecule has 0 aromatic heterocycles. The predicted molar refractivity (Wildman–Crippen MR) is 104 cm³/mol. The number of hydrogen-bond acceptors (Lipinski definition) is 5.